The van der Waals surface area contributed by atoms with Gasteiger partial charge in [0.25, 0.3) is 0 Å². The lowest BCUT2D eigenvalue weighted by molar-refractivity contribution is 1.16. The first-order valence-electron chi connectivity index (χ1n) is 14.1. The number of aryl methyl sites for hydroxylation is 2. The van der Waals surface area contributed by atoms with E-state index < -0.39 is 0 Å². The molecule has 2 aromatic heterocycles. The average molecular weight is 551 g/mol. The molecule has 0 aliphatic carbocycles. The molecule has 0 aliphatic rings. The molecule has 4 nitrogen and oxygen atoms in total. The number of benzene rings is 5. The number of hydrogen-bond donors (Lipinski definition) is 0. The third-order valence-electron chi connectivity index (χ3n) is 8.17. The van der Waals surface area contributed by atoms with Gasteiger partial charge in [0, 0.05) is 34.4 Å². The Morgan fingerprint density at radius 3 is 1.67 bits per heavy atom. The summed E-state index contributed by atoms with van der Waals surface area (Å²) in [6, 6.07) is 40.9. The van der Waals surface area contributed by atoms with Gasteiger partial charge in [-0.25, -0.2) is 4.85 Å². The topological polar surface area (TPSA) is 46.0 Å². The van der Waals surface area contributed by atoms with Crippen molar-refractivity contribution in [2.45, 2.75) is 13.8 Å². The summed E-state index contributed by atoms with van der Waals surface area (Å²) in [5.41, 5.74) is 12.3. The van der Waals surface area contributed by atoms with E-state index in [1.807, 2.05) is 12.1 Å². The predicted octanol–water partition coefficient (Wildman–Crippen LogP) is 10.2. The molecule has 0 saturated heterocycles. The lowest BCUT2D eigenvalue weighted by atomic mass is 9.92. The lowest BCUT2D eigenvalue weighted by Gasteiger charge is -2.17. The highest BCUT2D eigenvalue weighted by Gasteiger charge is 2.19. The van der Waals surface area contributed by atoms with Crippen LogP contribution in [0.1, 0.15) is 16.7 Å². The van der Waals surface area contributed by atoms with Crippen molar-refractivity contribution in [2.75, 3.05) is 0 Å². The van der Waals surface area contributed by atoms with Crippen molar-refractivity contribution in [1.82, 2.24) is 9.55 Å². The Labute approximate surface area is 250 Å². The molecule has 7 rings (SSSR count). The molecule has 2 heterocycles. The van der Waals surface area contributed by atoms with E-state index in [4.69, 9.17) is 6.57 Å². The van der Waals surface area contributed by atoms with Gasteiger partial charge in [-0.05, 0) is 89.2 Å². The average Bonchev–Trinajstić information content (AvgIpc) is 3.38. The van der Waals surface area contributed by atoms with Gasteiger partial charge in [-0.1, -0.05) is 72.8 Å². The van der Waals surface area contributed by atoms with Crippen LogP contribution in [0, 0.1) is 31.8 Å². The van der Waals surface area contributed by atoms with Crippen LogP contribution >= 0.6 is 0 Å². The first-order valence-corrected chi connectivity index (χ1v) is 14.1. The zero-order valence-corrected chi connectivity index (χ0v) is 23.8. The molecule has 0 N–H and O–H groups in total. The van der Waals surface area contributed by atoms with Crippen LogP contribution in [0.3, 0.4) is 0 Å². The summed E-state index contributed by atoms with van der Waals surface area (Å²) < 4.78 is 2.32. The molecule has 0 fully saturated rings. The summed E-state index contributed by atoms with van der Waals surface area (Å²) in [5, 5.41) is 12.2. The Bertz CT molecular complexity index is 2110. The summed E-state index contributed by atoms with van der Waals surface area (Å²) >= 11 is 0. The maximum absolute atomic E-state index is 9.84. The molecule has 0 spiro atoms. The van der Waals surface area contributed by atoms with Crippen LogP contribution in [-0.2, 0) is 0 Å². The summed E-state index contributed by atoms with van der Waals surface area (Å²) in [5.74, 6) is 0. The normalized spacial score (nSPS) is 11.0. The Balaban J connectivity index is 1.49. The Morgan fingerprint density at radius 1 is 0.651 bits per heavy atom. The zero-order chi connectivity index (χ0) is 29.5. The van der Waals surface area contributed by atoms with Crippen LogP contribution in [0.4, 0.5) is 5.69 Å². The highest BCUT2D eigenvalue weighted by molar-refractivity contribution is 6.11. The van der Waals surface area contributed by atoms with Gasteiger partial charge in [0.2, 0.25) is 5.69 Å². The number of hydrogen-bond acceptors (Lipinski definition) is 2. The Hall–Kier alpha value is -5.97. The number of nitrogens with zero attached hydrogens (tertiary/aromatic N) is 4. The summed E-state index contributed by atoms with van der Waals surface area (Å²) in [7, 11) is 0. The second-order valence-electron chi connectivity index (χ2n) is 10.8. The number of pyridine rings is 1. The van der Waals surface area contributed by atoms with E-state index in [9.17, 15) is 5.26 Å². The maximum Gasteiger partial charge on any atom is 0.214 e. The molecular weight excluding hydrogens is 524 g/mol. The van der Waals surface area contributed by atoms with E-state index in [0.29, 0.717) is 16.8 Å². The van der Waals surface area contributed by atoms with Gasteiger partial charge < -0.3 is 4.57 Å². The first-order chi connectivity index (χ1) is 21.1. The maximum atomic E-state index is 9.84. The quantitative estimate of drug-likeness (QED) is 0.205. The van der Waals surface area contributed by atoms with Gasteiger partial charge in [-0.3, -0.25) is 4.98 Å². The Kier molecular flexibility index (Phi) is 6.31. The molecule has 0 radical (unpaired) electrons. The molecule has 7 aromatic rings. The molecule has 4 heteroatoms. The number of nitriles is 1. The predicted molar refractivity (Wildman–Crippen MR) is 175 cm³/mol. The molecule has 202 valence electrons. The molecule has 0 aliphatic heterocycles. The van der Waals surface area contributed by atoms with Crippen LogP contribution in [0.5, 0.6) is 0 Å². The van der Waals surface area contributed by atoms with Crippen LogP contribution < -0.4 is 0 Å². The minimum atomic E-state index is 0.386. The molecule has 5 aromatic carbocycles. The van der Waals surface area contributed by atoms with Gasteiger partial charge in [0.1, 0.15) is 6.07 Å². The van der Waals surface area contributed by atoms with Crippen LogP contribution in [-0.4, -0.2) is 9.55 Å². The summed E-state index contributed by atoms with van der Waals surface area (Å²) in [4.78, 5) is 7.81. The van der Waals surface area contributed by atoms with Crippen LogP contribution in [0.2, 0.25) is 0 Å². The van der Waals surface area contributed by atoms with Crippen molar-refractivity contribution < 1.29 is 0 Å². The smallest absolute Gasteiger partial charge is 0.214 e. The molecular formula is C39H26N4. The number of fused-ring (bicyclic) bond motifs is 3. The second-order valence-corrected chi connectivity index (χ2v) is 10.8. The van der Waals surface area contributed by atoms with Gasteiger partial charge in [0.15, 0.2) is 0 Å². The van der Waals surface area contributed by atoms with Crippen LogP contribution in [0.15, 0.2) is 122 Å². The van der Waals surface area contributed by atoms with Crippen molar-refractivity contribution in [3.05, 3.63) is 150 Å². The van der Waals surface area contributed by atoms with E-state index in [2.05, 4.69) is 131 Å². The molecule has 43 heavy (non-hydrogen) atoms. The summed E-state index contributed by atoms with van der Waals surface area (Å²) in [6.45, 7) is 11.8. The van der Waals surface area contributed by atoms with Gasteiger partial charge in [0.05, 0.1) is 23.2 Å². The zero-order valence-electron chi connectivity index (χ0n) is 23.8. The van der Waals surface area contributed by atoms with E-state index >= 15 is 0 Å². The minimum absolute atomic E-state index is 0.386. The monoisotopic (exact) mass is 550 g/mol. The molecule has 0 atom stereocenters. The minimum Gasteiger partial charge on any atom is -0.309 e. The van der Waals surface area contributed by atoms with Crippen molar-refractivity contribution >= 4 is 27.5 Å². The fourth-order valence-electron chi connectivity index (χ4n) is 6.27. The first kappa shape index (κ1) is 26.0. The fourth-order valence-corrected chi connectivity index (χ4v) is 6.27. The van der Waals surface area contributed by atoms with Crippen molar-refractivity contribution in [3.8, 4) is 45.1 Å². The fraction of sp³-hybridized carbons (Fsp3) is 0.0513. The third-order valence-corrected chi connectivity index (χ3v) is 8.17. The van der Waals surface area contributed by atoms with Gasteiger partial charge in [-0.15, -0.1) is 0 Å². The van der Waals surface area contributed by atoms with E-state index in [0.717, 1.165) is 33.4 Å². The highest BCUT2D eigenvalue weighted by atomic mass is 15.0. The van der Waals surface area contributed by atoms with Crippen molar-refractivity contribution in [2.24, 2.45) is 0 Å². The SMILES string of the molecule is [C-]#[N+]c1cncc(C#N)c1-c1c(C)cc(-n2c3ccc(-c4ccccc4)cc3c3cc(-c4ccccc4)ccc32)cc1C. The van der Waals surface area contributed by atoms with E-state index in [1.165, 1.54) is 39.2 Å². The highest BCUT2D eigenvalue weighted by Crippen LogP contribution is 2.41. The number of aromatic nitrogens is 2. The lowest BCUT2D eigenvalue weighted by Crippen LogP contribution is -1.99. The standard InChI is InChI=1S/C39H26N4/c1-25-18-32(19-26(2)38(25)39-31(22-40)23-42-24-35(39)41-3)43-36-16-14-29(27-10-6-4-7-11-27)20-33(36)34-21-30(15-17-37(34)43)28-12-8-5-9-13-28/h4-21,23-24H,1-2H3. The van der Waals surface area contributed by atoms with Crippen LogP contribution in [0.25, 0.3) is 65.7 Å². The third kappa shape index (κ3) is 4.34. The van der Waals surface area contributed by atoms with Crippen molar-refractivity contribution in [1.29, 1.82) is 5.26 Å². The van der Waals surface area contributed by atoms with Gasteiger partial charge in [-0.2, -0.15) is 5.26 Å². The largest absolute Gasteiger partial charge is 0.309 e. The molecule has 0 bridgehead atoms. The number of rotatable bonds is 4. The van der Waals surface area contributed by atoms with Crippen molar-refractivity contribution in [3.63, 3.8) is 0 Å². The second kappa shape index (κ2) is 10.5. The molecule has 0 saturated carbocycles. The Morgan fingerprint density at radius 2 is 1.19 bits per heavy atom. The van der Waals surface area contributed by atoms with E-state index in [-0.39, 0.29) is 0 Å². The molecule has 0 amide bonds. The van der Waals surface area contributed by atoms with Gasteiger partial charge >= 0.3 is 0 Å². The molecule has 0 unspecified atom stereocenters. The summed E-state index contributed by atoms with van der Waals surface area (Å²) in [6.07, 6.45) is 3.08. The van der Waals surface area contributed by atoms with E-state index in [1.54, 1.807) is 6.20 Å².